The highest BCUT2D eigenvalue weighted by molar-refractivity contribution is 3.18. The predicted octanol–water partition coefficient (Wildman–Crippen LogP) is -0.538. The van der Waals surface area contributed by atoms with Crippen molar-refractivity contribution in [3.63, 3.8) is 0 Å². The minimum Gasteiger partial charge on any atom is -0.400 e. The lowest BCUT2D eigenvalue weighted by Gasteiger charge is -1.21. The SMILES string of the molecule is C.CO.CO.CO. The van der Waals surface area contributed by atoms with E-state index in [-0.39, 0.29) is 7.43 Å². The highest BCUT2D eigenvalue weighted by atomic mass is 16.2. The second-order valence-electron chi connectivity index (χ2n) is 0. The van der Waals surface area contributed by atoms with Crippen LogP contribution in [-0.2, 0) is 0 Å². The maximum Gasteiger partial charge on any atom is 0.0319 e. The van der Waals surface area contributed by atoms with Crippen LogP contribution in [0.3, 0.4) is 0 Å². The molecule has 0 aliphatic carbocycles. The first-order chi connectivity index (χ1) is 3.00. The molecule has 0 atom stereocenters. The molecule has 0 rings (SSSR count). The molecule has 0 aliphatic heterocycles. The van der Waals surface area contributed by atoms with Gasteiger partial charge in [0.1, 0.15) is 0 Å². The second-order valence-corrected chi connectivity index (χ2v) is 0. The fourth-order valence-electron chi connectivity index (χ4n) is 0. The van der Waals surface area contributed by atoms with E-state index in [1.165, 1.54) is 0 Å². The van der Waals surface area contributed by atoms with E-state index in [1.54, 1.807) is 0 Å². The largest absolute Gasteiger partial charge is 0.400 e. The molecule has 0 heterocycles. The molecular weight excluding hydrogens is 96.0 g/mol. The van der Waals surface area contributed by atoms with Gasteiger partial charge in [-0.1, -0.05) is 7.43 Å². The Balaban J connectivity index is -0.00000000900. The lowest BCUT2D eigenvalue weighted by molar-refractivity contribution is 0.399. The summed E-state index contributed by atoms with van der Waals surface area (Å²) in [5.74, 6) is 0. The summed E-state index contributed by atoms with van der Waals surface area (Å²) in [6.07, 6.45) is 0. The van der Waals surface area contributed by atoms with E-state index in [0.29, 0.717) is 0 Å². The van der Waals surface area contributed by atoms with Gasteiger partial charge in [-0.3, -0.25) is 0 Å². The Kier molecular flexibility index (Phi) is 39800. The molecule has 0 saturated heterocycles. The molecule has 3 nitrogen and oxygen atoms in total. The fourth-order valence-corrected chi connectivity index (χ4v) is 0. The molecule has 0 aromatic carbocycles. The number of rotatable bonds is 0. The molecule has 0 aromatic rings. The Bertz CT molecular complexity index is 6.90. The van der Waals surface area contributed by atoms with Crippen molar-refractivity contribution in [3.8, 4) is 0 Å². The lowest BCUT2D eigenvalue weighted by Crippen LogP contribution is -1.25. The van der Waals surface area contributed by atoms with Crippen LogP contribution < -0.4 is 0 Å². The minimum absolute atomic E-state index is 0. The van der Waals surface area contributed by atoms with Crippen molar-refractivity contribution in [1.29, 1.82) is 0 Å². The first-order valence-corrected chi connectivity index (χ1v) is 1.34. The van der Waals surface area contributed by atoms with Gasteiger partial charge in [0.15, 0.2) is 0 Å². The van der Waals surface area contributed by atoms with E-state index in [9.17, 15) is 0 Å². The zero-order valence-electron chi connectivity index (χ0n) is 4.34. The van der Waals surface area contributed by atoms with Crippen LogP contribution in [0.5, 0.6) is 0 Å². The van der Waals surface area contributed by atoms with Crippen LogP contribution in [0.2, 0.25) is 0 Å². The van der Waals surface area contributed by atoms with Crippen LogP contribution in [0.4, 0.5) is 0 Å². The van der Waals surface area contributed by atoms with Gasteiger partial charge in [0.05, 0.1) is 0 Å². The van der Waals surface area contributed by atoms with Crippen molar-refractivity contribution >= 4 is 0 Å². The van der Waals surface area contributed by atoms with Gasteiger partial charge in [0, 0.05) is 21.3 Å². The molecule has 0 fully saturated rings. The molecule has 0 unspecified atom stereocenters. The molecule has 0 aliphatic rings. The van der Waals surface area contributed by atoms with Gasteiger partial charge in [0.2, 0.25) is 0 Å². The molecule has 0 saturated carbocycles. The molecular formula is C4H16O3. The highest BCUT2D eigenvalue weighted by Crippen LogP contribution is 0.759. The monoisotopic (exact) mass is 112 g/mol. The summed E-state index contributed by atoms with van der Waals surface area (Å²) in [5.41, 5.74) is 0. The average molecular weight is 112 g/mol. The van der Waals surface area contributed by atoms with E-state index in [0.717, 1.165) is 21.3 Å². The maximum atomic E-state index is 7.00. The van der Waals surface area contributed by atoms with Crippen LogP contribution in [0.25, 0.3) is 0 Å². The van der Waals surface area contributed by atoms with Gasteiger partial charge in [-0.05, 0) is 0 Å². The Morgan fingerprint density at radius 1 is 0.571 bits per heavy atom. The molecule has 3 heteroatoms. The van der Waals surface area contributed by atoms with E-state index < -0.39 is 0 Å². The first kappa shape index (κ1) is 28.7. The topological polar surface area (TPSA) is 60.7 Å². The van der Waals surface area contributed by atoms with Crippen molar-refractivity contribution in [2.45, 2.75) is 7.43 Å². The van der Waals surface area contributed by atoms with Crippen LogP contribution in [0, 0.1) is 0 Å². The van der Waals surface area contributed by atoms with E-state index >= 15 is 0 Å². The van der Waals surface area contributed by atoms with Crippen LogP contribution in [0.15, 0.2) is 0 Å². The summed E-state index contributed by atoms with van der Waals surface area (Å²) in [7, 11) is 3.00. The average Bonchev–Trinajstić information content (AvgIpc) is 1.81. The standard InChI is InChI=1S/3CH4O.CH4/c3*1-2;/h3*2H,1H3;1H4. The van der Waals surface area contributed by atoms with Crippen LogP contribution in [0.1, 0.15) is 7.43 Å². The van der Waals surface area contributed by atoms with E-state index in [2.05, 4.69) is 0 Å². The zero-order chi connectivity index (χ0) is 6.00. The van der Waals surface area contributed by atoms with Gasteiger partial charge in [-0.15, -0.1) is 0 Å². The van der Waals surface area contributed by atoms with E-state index in [1.807, 2.05) is 0 Å². The minimum atomic E-state index is 0. The second kappa shape index (κ2) is 9720. The van der Waals surface area contributed by atoms with Gasteiger partial charge < -0.3 is 15.3 Å². The molecule has 0 aromatic heterocycles. The van der Waals surface area contributed by atoms with Gasteiger partial charge in [-0.2, -0.15) is 0 Å². The quantitative estimate of drug-likeness (QED) is 0.394. The van der Waals surface area contributed by atoms with E-state index in [4.69, 9.17) is 15.3 Å². The summed E-state index contributed by atoms with van der Waals surface area (Å²) in [6.45, 7) is 0. The summed E-state index contributed by atoms with van der Waals surface area (Å²) >= 11 is 0. The Morgan fingerprint density at radius 3 is 0.571 bits per heavy atom. The summed E-state index contributed by atoms with van der Waals surface area (Å²) in [5, 5.41) is 21.0. The molecule has 0 bridgehead atoms. The van der Waals surface area contributed by atoms with Crippen LogP contribution >= 0.6 is 0 Å². The molecule has 7 heavy (non-hydrogen) atoms. The molecule has 50 valence electrons. The van der Waals surface area contributed by atoms with Crippen molar-refractivity contribution < 1.29 is 15.3 Å². The molecule has 0 amide bonds. The first-order valence-electron chi connectivity index (χ1n) is 1.34. The number of aliphatic hydroxyl groups is 3. The highest BCUT2D eigenvalue weighted by Gasteiger charge is 0.843. The number of aliphatic hydroxyl groups excluding tert-OH is 3. The third-order valence-corrected chi connectivity index (χ3v) is 0. The predicted molar refractivity (Wildman–Crippen MR) is 31.2 cm³/mol. The Hall–Kier alpha value is -0.120. The molecule has 0 radical (unpaired) electrons. The third-order valence-electron chi connectivity index (χ3n) is 0. The zero-order valence-corrected chi connectivity index (χ0v) is 4.34. The van der Waals surface area contributed by atoms with Crippen molar-refractivity contribution in [3.05, 3.63) is 0 Å². The number of hydrogen-bond donors (Lipinski definition) is 3. The number of hydrogen-bond acceptors (Lipinski definition) is 3. The van der Waals surface area contributed by atoms with Gasteiger partial charge in [-0.25, -0.2) is 0 Å². The summed E-state index contributed by atoms with van der Waals surface area (Å²) in [4.78, 5) is 0. The Labute approximate surface area is 45.2 Å². The molecule has 3 N–H and O–H groups in total. The third kappa shape index (κ3) is 6150. The summed E-state index contributed by atoms with van der Waals surface area (Å²) < 4.78 is 0. The molecule has 0 spiro atoms. The lowest BCUT2D eigenvalue weighted by atomic mass is 11.8. The van der Waals surface area contributed by atoms with Gasteiger partial charge >= 0.3 is 0 Å². The normalized spacial score (nSPS) is 2.57. The van der Waals surface area contributed by atoms with Crippen molar-refractivity contribution in [1.82, 2.24) is 0 Å². The van der Waals surface area contributed by atoms with Gasteiger partial charge in [0.25, 0.3) is 0 Å². The van der Waals surface area contributed by atoms with Crippen LogP contribution in [-0.4, -0.2) is 36.6 Å². The smallest absolute Gasteiger partial charge is 0.0319 e. The van der Waals surface area contributed by atoms with Crippen molar-refractivity contribution in [2.24, 2.45) is 0 Å². The maximum absolute atomic E-state index is 7.00. The van der Waals surface area contributed by atoms with Crippen molar-refractivity contribution in [2.75, 3.05) is 21.3 Å². The summed E-state index contributed by atoms with van der Waals surface area (Å²) in [6, 6.07) is 0. The fraction of sp³-hybridized carbons (Fsp3) is 1.00. The Morgan fingerprint density at radius 2 is 0.571 bits per heavy atom.